The molecule has 1 N–H and O–H groups in total. The lowest BCUT2D eigenvalue weighted by molar-refractivity contribution is 0.0604. The van der Waals surface area contributed by atoms with Crippen LogP contribution in [0.3, 0.4) is 0 Å². The third-order valence-electron chi connectivity index (χ3n) is 2.74. The molecule has 16 heavy (non-hydrogen) atoms. The molecule has 2 unspecified atom stereocenters. The van der Waals surface area contributed by atoms with Crippen molar-refractivity contribution in [3.05, 3.63) is 29.8 Å². The average Bonchev–Trinajstić information content (AvgIpc) is 2.28. The van der Waals surface area contributed by atoms with E-state index < -0.39 is 6.10 Å². The second kappa shape index (κ2) is 6.54. The zero-order chi connectivity index (χ0) is 12.0. The van der Waals surface area contributed by atoms with Gasteiger partial charge in [0, 0.05) is 0 Å². The Labute approximate surface area is 98.3 Å². The number of aliphatic hydroxyl groups is 1. The number of aryl methyl sites for hydroxylation is 1. The number of hydrogen-bond donors (Lipinski definition) is 1. The van der Waals surface area contributed by atoms with E-state index in [4.69, 9.17) is 4.74 Å². The van der Waals surface area contributed by atoms with Crippen molar-refractivity contribution in [1.29, 1.82) is 0 Å². The molecule has 1 aromatic carbocycles. The zero-order valence-electron chi connectivity index (χ0n) is 10.4. The van der Waals surface area contributed by atoms with Gasteiger partial charge in [0.25, 0.3) is 0 Å². The fourth-order valence-corrected chi connectivity index (χ4v) is 1.43. The molecule has 0 aliphatic heterocycles. The van der Waals surface area contributed by atoms with E-state index in [9.17, 15) is 5.11 Å². The molecule has 0 bridgehead atoms. The molecular formula is C14H22O2. The Bertz CT molecular complexity index is 290. The third-order valence-corrected chi connectivity index (χ3v) is 2.74. The minimum Gasteiger partial charge on any atom is -0.488 e. The van der Waals surface area contributed by atoms with Crippen LogP contribution in [0.5, 0.6) is 5.75 Å². The second-order valence-electron chi connectivity index (χ2n) is 4.31. The summed E-state index contributed by atoms with van der Waals surface area (Å²) in [4.78, 5) is 0. The highest BCUT2D eigenvalue weighted by molar-refractivity contribution is 5.27. The molecule has 0 heterocycles. The second-order valence-corrected chi connectivity index (χ2v) is 4.31. The third kappa shape index (κ3) is 4.23. The van der Waals surface area contributed by atoms with Gasteiger partial charge in [0.1, 0.15) is 11.9 Å². The SMILES string of the molecule is CCCCc1ccc(OC(C)C(C)O)cc1. The maximum Gasteiger partial charge on any atom is 0.121 e. The molecular weight excluding hydrogens is 200 g/mol. The molecule has 0 aliphatic rings. The highest BCUT2D eigenvalue weighted by Gasteiger charge is 2.09. The fourth-order valence-electron chi connectivity index (χ4n) is 1.43. The Morgan fingerprint density at radius 3 is 2.31 bits per heavy atom. The van der Waals surface area contributed by atoms with Crippen LogP contribution in [-0.2, 0) is 6.42 Å². The summed E-state index contributed by atoms with van der Waals surface area (Å²) in [6.07, 6.45) is 2.96. The molecule has 1 rings (SSSR count). The van der Waals surface area contributed by atoms with Crippen molar-refractivity contribution in [3.63, 3.8) is 0 Å². The van der Waals surface area contributed by atoms with Crippen molar-refractivity contribution >= 4 is 0 Å². The van der Waals surface area contributed by atoms with Crippen LogP contribution in [0.4, 0.5) is 0 Å². The van der Waals surface area contributed by atoms with Crippen LogP contribution in [0.25, 0.3) is 0 Å². The Hall–Kier alpha value is -1.02. The highest BCUT2D eigenvalue weighted by Crippen LogP contribution is 2.16. The zero-order valence-corrected chi connectivity index (χ0v) is 10.4. The van der Waals surface area contributed by atoms with Crippen molar-refractivity contribution in [2.45, 2.75) is 52.2 Å². The molecule has 0 spiro atoms. The summed E-state index contributed by atoms with van der Waals surface area (Å²) in [5.74, 6) is 0.827. The molecule has 2 nitrogen and oxygen atoms in total. The van der Waals surface area contributed by atoms with Crippen LogP contribution >= 0.6 is 0 Å². The smallest absolute Gasteiger partial charge is 0.121 e. The van der Waals surface area contributed by atoms with E-state index in [1.165, 1.54) is 18.4 Å². The van der Waals surface area contributed by atoms with Gasteiger partial charge in [-0.05, 0) is 44.4 Å². The van der Waals surface area contributed by atoms with Crippen LogP contribution in [0.15, 0.2) is 24.3 Å². The molecule has 0 radical (unpaired) electrons. The number of hydrogen-bond acceptors (Lipinski definition) is 2. The minimum atomic E-state index is -0.445. The predicted octanol–water partition coefficient (Wildman–Crippen LogP) is 3.18. The van der Waals surface area contributed by atoms with E-state index in [0.717, 1.165) is 12.2 Å². The van der Waals surface area contributed by atoms with Gasteiger partial charge in [-0.15, -0.1) is 0 Å². The summed E-state index contributed by atoms with van der Waals surface area (Å²) in [7, 11) is 0. The first kappa shape index (κ1) is 13.0. The van der Waals surface area contributed by atoms with Gasteiger partial charge in [-0.2, -0.15) is 0 Å². The predicted molar refractivity (Wildman–Crippen MR) is 66.8 cm³/mol. The molecule has 0 saturated heterocycles. The summed E-state index contributed by atoms with van der Waals surface area (Å²) in [6.45, 7) is 5.80. The molecule has 0 aliphatic carbocycles. The average molecular weight is 222 g/mol. The van der Waals surface area contributed by atoms with Crippen LogP contribution < -0.4 is 4.74 Å². The molecule has 1 aromatic rings. The van der Waals surface area contributed by atoms with E-state index in [0.29, 0.717) is 0 Å². The van der Waals surface area contributed by atoms with E-state index >= 15 is 0 Å². The Morgan fingerprint density at radius 1 is 1.19 bits per heavy atom. The number of aliphatic hydroxyl groups excluding tert-OH is 1. The van der Waals surface area contributed by atoms with Gasteiger partial charge in [-0.3, -0.25) is 0 Å². The van der Waals surface area contributed by atoms with E-state index in [2.05, 4.69) is 19.1 Å². The Kier molecular flexibility index (Phi) is 5.33. The maximum atomic E-state index is 9.33. The van der Waals surface area contributed by atoms with E-state index in [1.807, 2.05) is 19.1 Å². The van der Waals surface area contributed by atoms with Gasteiger partial charge in [-0.25, -0.2) is 0 Å². The van der Waals surface area contributed by atoms with Crippen LogP contribution in [0.2, 0.25) is 0 Å². The van der Waals surface area contributed by atoms with Gasteiger partial charge in [0.15, 0.2) is 0 Å². The molecule has 0 fully saturated rings. The van der Waals surface area contributed by atoms with Gasteiger partial charge >= 0.3 is 0 Å². The maximum absolute atomic E-state index is 9.33. The van der Waals surface area contributed by atoms with Crippen LogP contribution in [0, 0.1) is 0 Å². The number of ether oxygens (including phenoxy) is 1. The van der Waals surface area contributed by atoms with Crippen LogP contribution in [0.1, 0.15) is 39.2 Å². The largest absolute Gasteiger partial charge is 0.488 e. The highest BCUT2D eigenvalue weighted by atomic mass is 16.5. The molecule has 2 heteroatoms. The Balaban J connectivity index is 2.51. The summed E-state index contributed by atoms with van der Waals surface area (Å²) >= 11 is 0. The molecule has 90 valence electrons. The molecule has 0 saturated carbocycles. The number of rotatable bonds is 6. The van der Waals surface area contributed by atoms with Gasteiger partial charge < -0.3 is 9.84 Å². The van der Waals surface area contributed by atoms with Gasteiger partial charge in [0.2, 0.25) is 0 Å². The van der Waals surface area contributed by atoms with Crippen molar-refractivity contribution in [2.75, 3.05) is 0 Å². The first-order chi connectivity index (χ1) is 7.63. The van der Waals surface area contributed by atoms with Crippen molar-refractivity contribution < 1.29 is 9.84 Å². The van der Waals surface area contributed by atoms with Crippen LogP contribution in [-0.4, -0.2) is 17.3 Å². The van der Waals surface area contributed by atoms with Crippen molar-refractivity contribution in [3.8, 4) is 5.75 Å². The topological polar surface area (TPSA) is 29.5 Å². The van der Waals surface area contributed by atoms with Crippen molar-refractivity contribution in [2.24, 2.45) is 0 Å². The fraction of sp³-hybridized carbons (Fsp3) is 0.571. The normalized spacial score (nSPS) is 14.5. The first-order valence-electron chi connectivity index (χ1n) is 6.07. The van der Waals surface area contributed by atoms with E-state index in [-0.39, 0.29) is 6.10 Å². The van der Waals surface area contributed by atoms with Crippen molar-refractivity contribution in [1.82, 2.24) is 0 Å². The summed E-state index contributed by atoms with van der Waals surface area (Å²) < 4.78 is 5.59. The molecule has 0 aromatic heterocycles. The summed E-state index contributed by atoms with van der Waals surface area (Å²) in [5.41, 5.74) is 1.35. The summed E-state index contributed by atoms with van der Waals surface area (Å²) in [5, 5.41) is 9.33. The molecule has 2 atom stereocenters. The quantitative estimate of drug-likeness (QED) is 0.801. The lowest BCUT2D eigenvalue weighted by Gasteiger charge is -2.17. The Morgan fingerprint density at radius 2 is 1.81 bits per heavy atom. The van der Waals surface area contributed by atoms with E-state index in [1.54, 1.807) is 6.92 Å². The summed E-state index contributed by atoms with van der Waals surface area (Å²) in [6, 6.07) is 8.15. The lowest BCUT2D eigenvalue weighted by Crippen LogP contribution is -2.25. The minimum absolute atomic E-state index is 0.165. The monoisotopic (exact) mass is 222 g/mol. The standard InChI is InChI=1S/C14H22O2/c1-4-5-6-13-7-9-14(10-8-13)16-12(3)11(2)15/h7-12,15H,4-6H2,1-3H3. The van der Waals surface area contributed by atoms with Gasteiger partial charge in [-0.1, -0.05) is 25.5 Å². The molecule has 0 amide bonds. The lowest BCUT2D eigenvalue weighted by atomic mass is 10.1. The number of unbranched alkanes of at least 4 members (excludes halogenated alkanes) is 1. The first-order valence-corrected chi connectivity index (χ1v) is 6.07. The number of benzene rings is 1. The van der Waals surface area contributed by atoms with Gasteiger partial charge in [0.05, 0.1) is 6.10 Å².